The summed E-state index contributed by atoms with van der Waals surface area (Å²) in [5.41, 5.74) is 2.31. The minimum absolute atomic E-state index is 0.185. The molecule has 3 rings (SSSR count). The van der Waals surface area contributed by atoms with Crippen molar-refractivity contribution in [3.63, 3.8) is 0 Å². The van der Waals surface area contributed by atoms with E-state index in [2.05, 4.69) is 0 Å². The van der Waals surface area contributed by atoms with Gasteiger partial charge in [0, 0.05) is 11.5 Å². The van der Waals surface area contributed by atoms with Crippen LogP contribution in [0.1, 0.15) is 34.3 Å². The molecule has 2 unspecified atom stereocenters. The van der Waals surface area contributed by atoms with E-state index in [1.165, 1.54) is 0 Å². The van der Waals surface area contributed by atoms with Gasteiger partial charge >= 0.3 is 5.97 Å². The number of hydrogen-bond donors (Lipinski definition) is 0. The molecule has 0 heterocycles. The van der Waals surface area contributed by atoms with E-state index in [4.69, 9.17) is 9.47 Å². The highest BCUT2D eigenvalue weighted by Crippen LogP contribution is 2.44. The van der Waals surface area contributed by atoms with E-state index >= 15 is 0 Å². The smallest absolute Gasteiger partial charge is 0.317 e. The van der Waals surface area contributed by atoms with E-state index in [1.807, 2.05) is 36.4 Å². The number of benzene rings is 2. The maximum Gasteiger partial charge on any atom is 0.317 e. The first-order valence-corrected chi connectivity index (χ1v) is 7.61. The van der Waals surface area contributed by atoms with Crippen molar-refractivity contribution in [3.8, 4) is 5.75 Å². The highest BCUT2D eigenvalue weighted by molar-refractivity contribution is 6.13. The fraction of sp³-hybridized carbons (Fsp3) is 0.263. The van der Waals surface area contributed by atoms with Crippen molar-refractivity contribution in [2.24, 2.45) is 5.92 Å². The summed E-state index contributed by atoms with van der Waals surface area (Å²) < 4.78 is 10.4. The van der Waals surface area contributed by atoms with Crippen molar-refractivity contribution in [2.45, 2.75) is 12.8 Å². The molecule has 0 saturated heterocycles. The molecule has 23 heavy (non-hydrogen) atoms. The summed E-state index contributed by atoms with van der Waals surface area (Å²) in [7, 11) is 1.58. The molecule has 0 aromatic heterocycles. The van der Waals surface area contributed by atoms with Crippen molar-refractivity contribution in [1.29, 1.82) is 0 Å². The Hall–Kier alpha value is -2.62. The molecule has 118 valence electrons. The van der Waals surface area contributed by atoms with Crippen LogP contribution < -0.4 is 4.74 Å². The van der Waals surface area contributed by atoms with Crippen molar-refractivity contribution < 1.29 is 19.1 Å². The van der Waals surface area contributed by atoms with Crippen molar-refractivity contribution in [3.05, 3.63) is 65.2 Å². The molecule has 1 aliphatic rings. The van der Waals surface area contributed by atoms with Crippen LogP contribution in [-0.4, -0.2) is 25.5 Å². The van der Waals surface area contributed by atoms with Crippen LogP contribution in [0.15, 0.2) is 48.5 Å². The first-order valence-electron chi connectivity index (χ1n) is 7.61. The Balaban J connectivity index is 2.14. The van der Waals surface area contributed by atoms with Gasteiger partial charge in [0.25, 0.3) is 0 Å². The molecule has 2 atom stereocenters. The van der Waals surface area contributed by atoms with Gasteiger partial charge in [0.15, 0.2) is 5.78 Å². The van der Waals surface area contributed by atoms with Gasteiger partial charge in [0.2, 0.25) is 0 Å². The summed E-state index contributed by atoms with van der Waals surface area (Å²) >= 11 is 0. The average molecular weight is 310 g/mol. The molecule has 0 radical (unpaired) electrons. The molecule has 0 aliphatic heterocycles. The Morgan fingerprint density at radius 3 is 2.52 bits per heavy atom. The van der Waals surface area contributed by atoms with E-state index in [0.29, 0.717) is 11.3 Å². The molecule has 0 amide bonds. The zero-order chi connectivity index (χ0) is 16.4. The predicted molar refractivity (Wildman–Crippen MR) is 85.7 cm³/mol. The molecule has 1 aliphatic carbocycles. The summed E-state index contributed by atoms with van der Waals surface area (Å²) in [5, 5.41) is 0. The number of carbonyl (C=O) groups is 2. The van der Waals surface area contributed by atoms with Crippen LogP contribution in [0.3, 0.4) is 0 Å². The van der Waals surface area contributed by atoms with Crippen LogP contribution >= 0.6 is 0 Å². The Morgan fingerprint density at radius 1 is 1.13 bits per heavy atom. The van der Waals surface area contributed by atoms with Crippen LogP contribution in [0, 0.1) is 5.92 Å². The SMILES string of the molecule is CCOC(=O)C1C(=O)c2ccc(OC)cc2C1c1ccccc1. The maximum atomic E-state index is 12.8. The molecule has 0 bridgehead atoms. The fourth-order valence-electron chi connectivity index (χ4n) is 3.16. The molecular formula is C19H18O4. The maximum absolute atomic E-state index is 12.8. The van der Waals surface area contributed by atoms with Gasteiger partial charge in [0.05, 0.1) is 13.7 Å². The number of methoxy groups -OCH3 is 1. The fourth-order valence-corrected chi connectivity index (χ4v) is 3.16. The first kappa shape index (κ1) is 15.3. The minimum Gasteiger partial charge on any atom is -0.497 e. The molecule has 0 saturated carbocycles. The monoisotopic (exact) mass is 310 g/mol. The normalized spacial score (nSPS) is 19.3. The van der Waals surface area contributed by atoms with Gasteiger partial charge in [-0.15, -0.1) is 0 Å². The second-order valence-electron chi connectivity index (χ2n) is 5.44. The second-order valence-corrected chi connectivity index (χ2v) is 5.44. The molecule has 0 N–H and O–H groups in total. The number of carbonyl (C=O) groups excluding carboxylic acids is 2. The molecule has 2 aromatic rings. The Bertz CT molecular complexity index is 736. The van der Waals surface area contributed by atoms with Crippen molar-refractivity contribution in [1.82, 2.24) is 0 Å². The Labute approximate surface area is 135 Å². The van der Waals surface area contributed by atoms with E-state index in [9.17, 15) is 9.59 Å². The van der Waals surface area contributed by atoms with E-state index in [1.54, 1.807) is 26.2 Å². The second kappa shape index (κ2) is 6.24. The lowest BCUT2D eigenvalue weighted by molar-refractivity contribution is -0.146. The summed E-state index contributed by atoms with van der Waals surface area (Å²) in [5.74, 6) is -1.16. The van der Waals surface area contributed by atoms with Gasteiger partial charge in [-0.05, 0) is 36.2 Å². The predicted octanol–water partition coefficient (Wildman–Crippen LogP) is 3.20. The molecule has 0 fully saturated rings. The van der Waals surface area contributed by atoms with Crippen LogP contribution in [0.25, 0.3) is 0 Å². The lowest BCUT2D eigenvalue weighted by Gasteiger charge is -2.18. The number of rotatable bonds is 4. The summed E-state index contributed by atoms with van der Waals surface area (Å²) in [6.45, 7) is 1.99. The lowest BCUT2D eigenvalue weighted by Crippen LogP contribution is -2.26. The third-order valence-electron chi connectivity index (χ3n) is 4.17. The topological polar surface area (TPSA) is 52.6 Å². The number of fused-ring (bicyclic) bond motifs is 1. The quantitative estimate of drug-likeness (QED) is 0.643. The minimum atomic E-state index is -0.834. The molecule has 4 nitrogen and oxygen atoms in total. The number of hydrogen-bond acceptors (Lipinski definition) is 4. The van der Waals surface area contributed by atoms with Crippen LogP contribution in [0.5, 0.6) is 5.75 Å². The van der Waals surface area contributed by atoms with Gasteiger partial charge in [-0.2, -0.15) is 0 Å². The Kier molecular flexibility index (Phi) is 4.15. The highest BCUT2D eigenvalue weighted by Gasteiger charge is 2.46. The zero-order valence-electron chi connectivity index (χ0n) is 13.1. The number of Topliss-reactive ketones (excluding diaryl/α,β-unsaturated/α-hetero) is 1. The molecular weight excluding hydrogens is 292 g/mol. The first-order chi connectivity index (χ1) is 11.2. The van der Waals surface area contributed by atoms with Crippen LogP contribution in [-0.2, 0) is 9.53 Å². The van der Waals surface area contributed by atoms with Gasteiger partial charge in [-0.25, -0.2) is 0 Å². The third-order valence-corrected chi connectivity index (χ3v) is 4.17. The van der Waals surface area contributed by atoms with E-state index in [-0.39, 0.29) is 18.3 Å². The summed E-state index contributed by atoms with van der Waals surface area (Å²) in [6.07, 6.45) is 0. The number of ketones is 1. The third kappa shape index (κ3) is 2.61. The van der Waals surface area contributed by atoms with Crippen molar-refractivity contribution in [2.75, 3.05) is 13.7 Å². The number of ether oxygens (including phenoxy) is 2. The van der Waals surface area contributed by atoms with Gasteiger partial charge in [-0.3, -0.25) is 9.59 Å². The molecule has 2 aromatic carbocycles. The van der Waals surface area contributed by atoms with Crippen LogP contribution in [0.4, 0.5) is 0 Å². The summed E-state index contributed by atoms with van der Waals surface area (Å²) in [4.78, 5) is 25.1. The standard InChI is InChI=1S/C19H18O4/c1-3-23-19(21)17-16(12-7-5-4-6-8-12)15-11-13(22-2)9-10-14(15)18(17)20/h4-11,16-17H,3H2,1-2H3. The van der Waals surface area contributed by atoms with Gasteiger partial charge in [0.1, 0.15) is 11.7 Å². The average Bonchev–Trinajstić information content (AvgIpc) is 2.88. The van der Waals surface area contributed by atoms with E-state index < -0.39 is 11.9 Å². The summed E-state index contributed by atoms with van der Waals surface area (Å²) in [6, 6.07) is 14.9. The highest BCUT2D eigenvalue weighted by atomic mass is 16.5. The molecule has 4 heteroatoms. The molecule has 0 spiro atoms. The van der Waals surface area contributed by atoms with Gasteiger partial charge in [-0.1, -0.05) is 30.3 Å². The van der Waals surface area contributed by atoms with Gasteiger partial charge < -0.3 is 9.47 Å². The Morgan fingerprint density at radius 2 is 1.87 bits per heavy atom. The largest absolute Gasteiger partial charge is 0.497 e. The lowest BCUT2D eigenvalue weighted by atomic mass is 9.85. The van der Waals surface area contributed by atoms with Crippen molar-refractivity contribution >= 4 is 11.8 Å². The zero-order valence-corrected chi connectivity index (χ0v) is 13.1. The number of esters is 1. The van der Waals surface area contributed by atoms with Crippen LogP contribution in [0.2, 0.25) is 0 Å². The van der Waals surface area contributed by atoms with E-state index in [0.717, 1.165) is 11.1 Å².